The second kappa shape index (κ2) is 4.45. The van der Waals surface area contributed by atoms with Crippen LogP contribution in [0.1, 0.15) is 25.0 Å². The summed E-state index contributed by atoms with van der Waals surface area (Å²) in [6, 6.07) is 3.80. The quantitative estimate of drug-likeness (QED) is 0.747. The highest BCUT2D eigenvalue weighted by molar-refractivity contribution is 5.48. The van der Waals surface area contributed by atoms with E-state index < -0.39 is 6.10 Å². The maximum Gasteiger partial charge on any atom is 0.134 e. The van der Waals surface area contributed by atoms with Crippen LogP contribution < -0.4 is 4.90 Å². The molecule has 0 saturated carbocycles. The molecule has 0 unspecified atom stereocenters. The first kappa shape index (κ1) is 10.2. The van der Waals surface area contributed by atoms with Gasteiger partial charge < -0.3 is 10.0 Å². The summed E-state index contributed by atoms with van der Waals surface area (Å²) in [6.45, 7) is 3.64. The molecule has 1 aromatic heterocycles. The largest absolute Gasteiger partial charge is 0.389 e. The number of anilines is 1. The van der Waals surface area contributed by atoms with E-state index in [0.717, 1.165) is 30.9 Å². The summed E-state index contributed by atoms with van der Waals surface area (Å²) in [6.07, 6.45) is 6.69. The maximum atomic E-state index is 9.65. The van der Waals surface area contributed by atoms with E-state index in [1.54, 1.807) is 13.1 Å². The van der Waals surface area contributed by atoms with Crippen LogP contribution in [0.3, 0.4) is 0 Å². The average Bonchev–Trinajstić information content (AvgIpc) is 2.30. The van der Waals surface area contributed by atoms with Crippen LogP contribution in [-0.4, -0.2) is 23.2 Å². The van der Waals surface area contributed by atoms with E-state index in [4.69, 9.17) is 0 Å². The van der Waals surface area contributed by atoms with Gasteiger partial charge in [0.2, 0.25) is 0 Å². The third kappa shape index (κ3) is 2.18. The van der Waals surface area contributed by atoms with Crippen molar-refractivity contribution in [3.63, 3.8) is 0 Å². The van der Waals surface area contributed by atoms with Crippen molar-refractivity contribution in [1.29, 1.82) is 0 Å². The Labute approximate surface area is 90.1 Å². The van der Waals surface area contributed by atoms with Crippen LogP contribution in [0.2, 0.25) is 0 Å². The summed E-state index contributed by atoms with van der Waals surface area (Å²) in [5, 5.41) is 9.65. The monoisotopic (exact) mass is 204 g/mol. The first-order chi connectivity index (χ1) is 7.29. The molecule has 1 N–H and O–H groups in total. The zero-order valence-corrected chi connectivity index (χ0v) is 8.93. The minimum absolute atomic E-state index is 0.459. The zero-order valence-electron chi connectivity index (χ0n) is 8.93. The molecule has 1 aliphatic heterocycles. The molecular weight excluding hydrogens is 188 g/mol. The van der Waals surface area contributed by atoms with Crippen LogP contribution in [0.25, 0.3) is 0 Å². The molecule has 1 aliphatic rings. The Morgan fingerprint density at radius 2 is 2.33 bits per heavy atom. The SMILES string of the molecule is C[C@H](O)c1cccnc1N1CC=CCC1. The Morgan fingerprint density at radius 1 is 1.47 bits per heavy atom. The van der Waals surface area contributed by atoms with Crippen molar-refractivity contribution in [2.75, 3.05) is 18.0 Å². The van der Waals surface area contributed by atoms with Gasteiger partial charge in [0.1, 0.15) is 5.82 Å². The van der Waals surface area contributed by atoms with Crippen molar-refractivity contribution in [3.8, 4) is 0 Å². The van der Waals surface area contributed by atoms with E-state index in [0.29, 0.717) is 0 Å². The highest BCUT2D eigenvalue weighted by atomic mass is 16.3. The lowest BCUT2D eigenvalue weighted by Crippen LogP contribution is -2.28. The van der Waals surface area contributed by atoms with Crippen LogP contribution in [0, 0.1) is 0 Å². The molecular formula is C12H16N2O. The lowest BCUT2D eigenvalue weighted by atomic mass is 10.1. The van der Waals surface area contributed by atoms with E-state index in [1.807, 2.05) is 12.1 Å². The van der Waals surface area contributed by atoms with Gasteiger partial charge in [0, 0.05) is 24.8 Å². The molecule has 1 atom stereocenters. The number of aliphatic hydroxyl groups is 1. The highest BCUT2D eigenvalue weighted by Gasteiger charge is 2.15. The number of aliphatic hydroxyl groups excluding tert-OH is 1. The third-order valence-corrected chi connectivity index (χ3v) is 2.62. The molecule has 0 amide bonds. The molecule has 0 bridgehead atoms. The van der Waals surface area contributed by atoms with Crippen LogP contribution >= 0.6 is 0 Å². The summed E-state index contributed by atoms with van der Waals surface area (Å²) in [4.78, 5) is 6.55. The summed E-state index contributed by atoms with van der Waals surface area (Å²) in [5.74, 6) is 0.914. The molecule has 3 heteroatoms. The Hall–Kier alpha value is -1.35. The summed E-state index contributed by atoms with van der Waals surface area (Å²) >= 11 is 0. The van der Waals surface area contributed by atoms with Gasteiger partial charge in [0.15, 0.2) is 0 Å². The van der Waals surface area contributed by atoms with E-state index in [9.17, 15) is 5.11 Å². The molecule has 0 radical (unpaired) electrons. The van der Waals surface area contributed by atoms with Crippen LogP contribution in [0.5, 0.6) is 0 Å². The minimum Gasteiger partial charge on any atom is -0.389 e. The lowest BCUT2D eigenvalue weighted by molar-refractivity contribution is 0.199. The number of aromatic nitrogens is 1. The van der Waals surface area contributed by atoms with Gasteiger partial charge in [-0.25, -0.2) is 4.98 Å². The fraction of sp³-hybridized carbons (Fsp3) is 0.417. The summed E-state index contributed by atoms with van der Waals surface area (Å²) < 4.78 is 0. The molecule has 15 heavy (non-hydrogen) atoms. The predicted octanol–water partition coefficient (Wildman–Crippen LogP) is 1.90. The molecule has 0 spiro atoms. The number of hydrogen-bond acceptors (Lipinski definition) is 3. The zero-order chi connectivity index (χ0) is 10.7. The molecule has 0 aliphatic carbocycles. The molecule has 0 fully saturated rings. The van der Waals surface area contributed by atoms with Gasteiger partial charge in [-0.3, -0.25) is 0 Å². The third-order valence-electron chi connectivity index (χ3n) is 2.62. The predicted molar refractivity (Wildman–Crippen MR) is 60.8 cm³/mol. The molecule has 1 aromatic rings. The van der Waals surface area contributed by atoms with Crippen LogP contribution in [0.4, 0.5) is 5.82 Å². The Bertz CT molecular complexity index is 360. The van der Waals surface area contributed by atoms with Crippen molar-refractivity contribution >= 4 is 5.82 Å². The Balaban J connectivity index is 2.30. The highest BCUT2D eigenvalue weighted by Crippen LogP contribution is 2.24. The van der Waals surface area contributed by atoms with E-state index in [1.165, 1.54) is 0 Å². The van der Waals surface area contributed by atoms with Gasteiger partial charge >= 0.3 is 0 Å². The van der Waals surface area contributed by atoms with Gasteiger partial charge in [-0.1, -0.05) is 18.2 Å². The van der Waals surface area contributed by atoms with Gasteiger partial charge in [0.05, 0.1) is 6.10 Å². The molecule has 2 heterocycles. The number of rotatable bonds is 2. The first-order valence-corrected chi connectivity index (χ1v) is 5.32. The fourth-order valence-corrected chi connectivity index (χ4v) is 1.83. The van der Waals surface area contributed by atoms with Crippen LogP contribution in [0.15, 0.2) is 30.5 Å². The molecule has 80 valence electrons. The van der Waals surface area contributed by atoms with E-state index >= 15 is 0 Å². The topological polar surface area (TPSA) is 36.4 Å². The average molecular weight is 204 g/mol. The second-order valence-electron chi connectivity index (χ2n) is 3.80. The second-order valence-corrected chi connectivity index (χ2v) is 3.80. The Kier molecular flexibility index (Phi) is 3.02. The number of nitrogens with zero attached hydrogens (tertiary/aromatic N) is 2. The number of hydrogen-bond donors (Lipinski definition) is 1. The van der Waals surface area contributed by atoms with Crippen molar-refractivity contribution < 1.29 is 5.11 Å². The summed E-state index contributed by atoms with van der Waals surface area (Å²) in [5.41, 5.74) is 0.910. The summed E-state index contributed by atoms with van der Waals surface area (Å²) in [7, 11) is 0. The van der Waals surface area contributed by atoms with Crippen molar-refractivity contribution in [1.82, 2.24) is 4.98 Å². The first-order valence-electron chi connectivity index (χ1n) is 5.32. The van der Waals surface area contributed by atoms with Gasteiger partial charge in [0.25, 0.3) is 0 Å². The smallest absolute Gasteiger partial charge is 0.134 e. The van der Waals surface area contributed by atoms with Crippen molar-refractivity contribution in [2.45, 2.75) is 19.4 Å². The molecule has 2 rings (SSSR count). The van der Waals surface area contributed by atoms with Gasteiger partial charge in [-0.2, -0.15) is 0 Å². The molecule has 0 saturated heterocycles. The molecule has 3 nitrogen and oxygen atoms in total. The maximum absolute atomic E-state index is 9.65. The number of pyridine rings is 1. The van der Waals surface area contributed by atoms with Gasteiger partial charge in [-0.15, -0.1) is 0 Å². The van der Waals surface area contributed by atoms with E-state index in [2.05, 4.69) is 22.0 Å². The lowest BCUT2D eigenvalue weighted by Gasteiger charge is -2.27. The standard InChI is InChI=1S/C12H16N2O/c1-10(15)11-6-5-7-13-12(11)14-8-3-2-4-9-14/h2-3,5-7,10,15H,4,8-9H2,1H3/t10-/m0/s1. The minimum atomic E-state index is -0.459. The van der Waals surface area contributed by atoms with Crippen LogP contribution in [-0.2, 0) is 0 Å². The normalized spacial score (nSPS) is 17.9. The fourth-order valence-electron chi connectivity index (χ4n) is 1.83. The van der Waals surface area contributed by atoms with Gasteiger partial charge in [-0.05, 0) is 19.4 Å². The van der Waals surface area contributed by atoms with Crippen molar-refractivity contribution in [3.05, 3.63) is 36.0 Å². The Morgan fingerprint density at radius 3 is 3.00 bits per heavy atom. The van der Waals surface area contributed by atoms with E-state index in [-0.39, 0.29) is 0 Å². The molecule has 0 aromatic carbocycles. The van der Waals surface area contributed by atoms with Crippen molar-refractivity contribution in [2.24, 2.45) is 0 Å².